The molecule has 1 aromatic heterocycles. The summed E-state index contributed by atoms with van der Waals surface area (Å²) < 4.78 is 13.8. The number of carbonyl (C=O) groups excluding carboxylic acids is 1. The lowest BCUT2D eigenvalue weighted by atomic mass is 9.94. The second-order valence-electron chi connectivity index (χ2n) is 8.22. The van der Waals surface area contributed by atoms with Gasteiger partial charge in [0, 0.05) is 22.7 Å². The lowest BCUT2D eigenvalue weighted by Crippen LogP contribution is -2.42. The second-order valence-corrected chi connectivity index (χ2v) is 8.22. The molecule has 0 aliphatic carbocycles. The van der Waals surface area contributed by atoms with Gasteiger partial charge >= 0.3 is 0 Å². The molecule has 0 fully saturated rings. The molecular formula is C27H23FN2O. The third-order valence-corrected chi connectivity index (χ3v) is 6.16. The van der Waals surface area contributed by atoms with Crippen LogP contribution in [-0.4, -0.2) is 16.9 Å². The summed E-state index contributed by atoms with van der Waals surface area (Å²) >= 11 is 0. The van der Waals surface area contributed by atoms with Crippen molar-refractivity contribution in [3.05, 3.63) is 95.3 Å². The van der Waals surface area contributed by atoms with Crippen LogP contribution in [0.5, 0.6) is 0 Å². The van der Waals surface area contributed by atoms with Gasteiger partial charge in [0.25, 0.3) is 5.91 Å². The van der Waals surface area contributed by atoms with Crippen molar-refractivity contribution in [1.29, 1.82) is 0 Å². The van der Waals surface area contributed by atoms with Gasteiger partial charge in [-0.15, -0.1) is 0 Å². The SMILES string of the molecule is Cc1ccccc1-c1cc(C(=O)N2c3ccc(F)cc3CCC2C)c2ccccc2n1. The molecule has 0 bridgehead atoms. The smallest absolute Gasteiger partial charge is 0.259 e. The van der Waals surface area contributed by atoms with Crippen LogP contribution in [-0.2, 0) is 6.42 Å². The molecule has 1 unspecified atom stereocenters. The van der Waals surface area contributed by atoms with Gasteiger partial charge in [0.05, 0.1) is 16.8 Å². The van der Waals surface area contributed by atoms with Crippen molar-refractivity contribution in [1.82, 2.24) is 4.98 Å². The number of rotatable bonds is 2. The Labute approximate surface area is 181 Å². The van der Waals surface area contributed by atoms with E-state index in [0.29, 0.717) is 5.56 Å². The number of hydrogen-bond donors (Lipinski definition) is 0. The fourth-order valence-electron chi connectivity index (χ4n) is 4.51. The lowest BCUT2D eigenvalue weighted by Gasteiger charge is -2.35. The van der Waals surface area contributed by atoms with E-state index >= 15 is 0 Å². The zero-order valence-electron chi connectivity index (χ0n) is 17.6. The van der Waals surface area contributed by atoms with E-state index in [9.17, 15) is 9.18 Å². The molecule has 31 heavy (non-hydrogen) atoms. The largest absolute Gasteiger partial charge is 0.305 e. The van der Waals surface area contributed by atoms with Crippen LogP contribution in [0.1, 0.15) is 34.8 Å². The number of para-hydroxylation sites is 1. The molecule has 154 valence electrons. The number of benzene rings is 3. The first-order chi connectivity index (χ1) is 15.0. The summed E-state index contributed by atoms with van der Waals surface area (Å²) in [4.78, 5) is 20.6. The molecule has 3 nitrogen and oxygen atoms in total. The second kappa shape index (κ2) is 7.62. The molecule has 0 N–H and O–H groups in total. The topological polar surface area (TPSA) is 33.2 Å². The molecule has 1 atom stereocenters. The van der Waals surface area contributed by atoms with Gasteiger partial charge < -0.3 is 4.90 Å². The molecule has 0 saturated carbocycles. The zero-order chi connectivity index (χ0) is 21.5. The van der Waals surface area contributed by atoms with Crippen molar-refractivity contribution in [3.63, 3.8) is 0 Å². The minimum atomic E-state index is -0.267. The van der Waals surface area contributed by atoms with E-state index < -0.39 is 0 Å². The molecule has 1 aliphatic rings. The number of fused-ring (bicyclic) bond motifs is 2. The highest BCUT2D eigenvalue weighted by atomic mass is 19.1. The van der Waals surface area contributed by atoms with Crippen molar-refractivity contribution in [2.24, 2.45) is 0 Å². The zero-order valence-corrected chi connectivity index (χ0v) is 17.6. The minimum Gasteiger partial charge on any atom is -0.305 e. The molecule has 0 radical (unpaired) electrons. The van der Waals surface area contributed by atoms with Gasteiger partial charge in [0.1, 0.15) is 5.82 Å². The maximum Gasteiger partial charge on any atom is 0.259 e. The van der Waals surface area contributed by atoms with Crippen LogP contribution in [0.2, 0.25) is 0 Å². The molecule has 0 saturated heterocycles. The van der Waals surface area contributed by atoms with Gasteiger partial charge in [-0.1, -0.05) is 42.5 Å². The normalized spacial score (nSPS) is 15.7. The average Bonchev–Trinajstić information content (AvgIpc) is 2.78. The Hall–Kier alpha value is -3.53. The van der Waals surface area contributed by atoms with Crippen LogP contribution < -0.4 is 4.90 Å². The van der Waals surface area contributed by atoms with Crippen molar-refractivity contribution >= 4 is 22.5 Å². The van der Waals surface area contributed by atoms with Crippen LogP contribution >= 0.6 is 0 Å². The van der Waals surface area contributed by atoms with E-state index in [2.05, 4.69) is 6.92 Å². The predicted molar refractivity (Wildman–Crippen MR) is 123 cm³/mol. The highest BCUT2D eigenvalue weighted by molar-refractivity contribution is 6.15. The number of halogens is 1. The van der Waals surface area contributed by atoms with E-state index in [-0.39, 0.29) is 17.8 Å². The Morgan fingerprint density at radius 2 is 1.81 bits per heavy atom. The third-order valence-electron chi connectivity index (χ3n) is 6.16. The number of anilines is 1. The van der Waals surface area contributed by atoms with Gasteiger partial charge in [-0.2, -0.15) is 0 Å². The van der Waals surface area contributed by atoms with Crippen molar-refractivity contribution in [2.45, 2.75) is 32.7 Å². The van der Waals surface area contributed by atoms with Crippen LogP contribution in [0.3, 0.4) is 0 Å². The standard InChI is InChI=1S/C27H23FN2O/c1-17-7-3-4-8-21(17)25-16-23(22-9-5-6-10-24(22)29-25)27(31)30-18(2)11-12-19-15-20(28)13-14-26(19)30/h3-10,13-16,18H,11-12H2,1-2H3. The molecule has 4 heteroatoms. The number of pyridine rings is 1. The first-order valence-corrected chi connectivity index (χ1v) is 10.6. The van der Waals surface area contributed by atoms with Crippen molar-refractivity contribution < 1.29 is 9.18 Å². The minimum absolute atomic E-state index is 0.0271. The summed E-state index contributed by atoms with van der Waals surface area (Å²) in [6, 6.07) is 22.4. The Morgan fingerprint density at radius 3 is 2.65 bits per heavy atom. The summed E-state index contributed by atoms with van der Waals surface area (Å²) in [7, 11) is 0. The monoisotopic (exact) mass is 410 g/mol. The van der Waals surface area contributed by atoms with E-state index in [1.807, 2.05) is 66.4 Å². The summed E-state index contributed by atoms with van der Waals surface area (Å²) in [6.45, 7) is 4.10. The third kappa shape index (κ3) is 3.38. The number of aromatic nitrogens is 1. The molecule has 0 spiro atoms. The van der Waals surface area contributed by atoms with Crippen molar-refractivity contribution in [2.75, 3.05) is 4.90 Å². The number of carbonyl (C=O) groups is 1. The predicted octanol–water partition coefficient (Wildman–Crippen LogP) is 6.33. The molecular weight excluding hydrogens is 387 g/mol. The van der Waals surface area contributed by atoms with Gasteiger partial charge in [0.2, 0.25) is 0 Å². The fourth-order valence-corrected chi connectivity index (χ4v) is 4.51. The van der Waals surface area contributed by atoms with E-state index in [0.717, 1.165) is 51.8 Å². The average molecular weight is 410 g/mol. The Bertz CT molecular complexity index is 1310. The van der Waals surface area contributed by atoms with Gasteiger partial charge in [-0.05, 0) is 68.1 Å². The molecule has 4 aromatic rings. The first-order valence-electron chi connectivity index (χ1n) is 10.6. The molecule has 5 rings (SSSR count). The number of nitrogens with zero attached hydrogens (tertiary/aromatic N) is 2. The van der Waals surface area contributed by atoms with E-state index in [1.54, 1.807) is 12.1 Å². The Morgan fingerprint density at radius 1 is 1.03 bits per heavy atom. The summed E-state index contributed by atoms with van der Waals surface area (Å²) in [5, 5.41) is 0.825. The molecule has 1 amide bonds. The number of aryl methyl sites for hydroxylation is 2. The molecule has 3 aromatic carbocycles. The first kappa shape index (κ1) is 19.4. The van der Waals surface area contributed by atoms with Gasteiger partial charge in [0.15, 0.2) is 0 Å². The maximum absolute atomic E-state index is 13.9. The quantitative estimate of drug-likeness (QED) is 0.387. The van der Waals surface area contributed by atoms with Crippen molar-refractivity contribution in [3.8, 4) is 11.3 Å². The van der Waals surface area contributed by atoms with Gasteiger partial charge in [-0.25, -0.2) is 9.37 Å². The summed E-state index contributed by atoms with van der Waals surface area (Å²) in [5.41, 5.74) is 5.98. The number of amides is 1. The summed E-state index contributed by atoms with van der Waals surface area (Å²) in [5.74, 6) is -0.342. The Balaban J connectivity index is 1.70. The lowest BCUT2D eigenvalue weighted by molar-refractivity contribution is 0.0976. The number of hydrogen-bond acceptors (Lipinski definition) is 2. The Kier molecular flexibility index (Phi) is 4.78. The van der Waals surface area contributed by atoms with E-state index in [4.69, 9.17) is 4.98 Å². The fraction of sp³-hybridized carbons (Fsp3) is 0.185. The van der Waals surface area contributed by atoms with Crippen LogP contribution in [0, 0.1) is 12.7 Å². The molecule has 1 aliphatic heterocycles. The van der Waals surface area contributed by atoms with Crippen LogP contribution in [0.25, 0.3) is 22.2 Å². The summed E-state index contributed by atoms with van der Waals surface area (Å²) in [6.07, 6.45) is 1.57. The highest BCUT2D eigenvalue weighted by Crippen LogP contribution is 2.35. The molecule has 2 heterocycles. The van der Waals surface area contributed by atoms with Gasteiger partial charge in [-0.3, -0.25) is 4.79 Å². The van der Waals surface area contributed by atoms with Crippen LogP contribution in [0.4, 0.5) is 10.1 Å². The maximum atomic E-state index is 13.9. The highest BCUT2D eigenvalue weighted by Gasteiger charge is 2.30. The van der Waals surface area contributed by atoms with Crippen LogP contribution in [0.15, 0.2) is 72.8 Å². The van der Waals surface area contributed by atoms with E-state index in [1.165, 1.54) is 6.07 Å².